The number of benzene rings is 2. The van der Waals surface area contributed by atoms with Gasteiger partial charge < -0.3 is 15.8 Å². The lowest BCUT2D eigenvalue weighted by atomic mass is 10.1. The molecule has 0 aliphatic rings. The van der Waals surface area contributed by atoms with E-state index in [1.165, 1.54) is 5.56 Å². The van der Waals surface area contributed by atoms with Gasteiger partial charge in [-0.25, -0.2) is 0 Å². The normalized spacial score (nSPS) is 11.3. The molecule has 2 rings (SSSR count). The highest BCUT2D eigenvalue weighted by Crippen LogP contribution is 2.17. The number of nitrogens with two attached hydrogens (primary N) is 1. The third-order valence-corrected chi connectivity index (χ3v) is 2.95. The molecule has 0 atom stereocenters. The molecular formula is C15H17N3O. The van der Waals surface area contributed by atoms with E-state index in [1.807, 2.05) is 49.5 Å². The fourth-order valence-corrected chi connectivity index (χ4v) is 1.91. The molecule has 3 N–H and O–H groups in total. The second-order valence-corrected chi connectivity index (χ2v) is 4.38. The van der Waals surface area contributed by atoms with Gasteiger partial charge in [0.1, 0.15) is 0 Å². The molecule has 4 nitrogen and oxygen atoms in total. The van der Waals surface area contributed by atoms with Crippen molar-refractivity contribution in [3.8, 4) is 0 Å². The van der Waals surface area contributed by atoms with Crippen molar-refractivity contribution in [2.45, 2.75) is 6.54 Å². The Morgan fingerprint density at radius 3 is 2.58 bits per heavy atom. The van der Waals surface area contributed by atoms with Crippen LogP contribution in [0.4, 0.5) is 5.69 Å². The second-order valence-electron chi connectivity index (χ2n) is 4.38. The zero-order valence-corrected chi connectivity index (χ0v) is 10.8. The third-order valence-electron chi connectivity index (χ3n) is 2.95. The van der Waals surface area contributed by atoms with Crippen molar-refractivity contribution in [1.82, 2.24) is 0 Å². The molecule has 0 aliphatic carbocycles. The van der Waals surface area contributed by atoms with Crippen molar-refractivity contribution in [3.05, 3.63) is 65.7 Å². The van der Waals surface area contributed by atoms with E-state index in [0.717, 1.165) is 12.2 Å². The number of amidine groups is 1. The Bertz CT molecular complexity index is 567. The summed E-state index contributed by atoms with van der Waals surface area (Å²) < 4.78 is 0. The number of hydrogen-bond acceptors (Lipinski definition) is 3. The van der Waals surface area contributed by atoms with Gasteiger partial charge in [-0.05, 0) is 17.7 Å². The summed E-state index contributed by atoms with van der Waals surface area (Å²) in [5.74, 6) is 0.120. The smallest absolute Gasteiger partial charge is 0.170 e. The van der Waals surface area contributed by atoms with Gasteiger partial charge in [-0.3, -0.25) is 0 Å². The van der Waals surface area contributed by atoms with Crippen LogP contribution in [0.3, 0.4) is 0 Å². The minimum Gasteiger partial charge on any atom is -0.409 e. The summed E-state index contributed by atoms with van der Waals surface area (Å²) in [6.07, 6.45) is 0. The van der Waals surface area contributed by atoms with Gasteiger partial charge in [0.15, 0.2) is 5.84 Å². The van der Waals surface area contributed by atoms with Crippen LogP contribution >= 0.6 is 0 Å². The first-order valence-electron chi connectivity index (χ1n) is 6.03. The predicted octanol–water partition coefficient (Wildman–Crippen LogP) is 2.42. The number of anilines is 1. The first-order chi connectivity index (χ1) is 9.20. The average Bonchev–Trinajstić information content (AvgIpc) is 2.47. The van der Waals surface area contributed by atoms with E-state index >= 15 is 0 Å². The molecular weight excluding hydrogens is 238 g/mol. The van der Waals surface area contributed by atoms with Gasteiger partial charge in [0.25, 0.3) is 0 Å². The summed E-state index contributed by atoms with van der Waals surface area (Å²) in [6, 6.07) is 17.8. The van der Waals surface area contributed by atoms with Gasteiger partial charge in [-0.2, -0.15) is 0 Å². The maximum atomic E-state index is 8.70. The van der Waals surface area contributed by atoms with Gasteiger partial charge in [-0.15, -0.1) is 0 Å². The van der Waals surface area contributed by atoms with Crippen LogP contribution in [0, 0.1) is 0 Å². The first-order valence-corrected chi connectivity index (χ1v) is 6.03. The highest BCUT2D eigenvalue weighted by Gasteiger charge is 2.05. The highest BCUT2D eigenvalue weighted by atomic mass is 16.4. The molecule has 0 spiro atoms. The molecule has 0 amide bonds. The number of oxime groups is 1. The second kappa shape index (κ2) is 5.91. The Balaban J connectivity index is 2.17. The molecule has 0 aliphatic heterocycles. The molecule has 19 heavy (non-hydrogen) atoms. The monoisotopic (exact) mass is 255 g/mol. The molecule has 0 heterocycles. The standard InChI is InChI=1S/C15H17N3O/c1-18(11-12-6-3-2-4-7-12)14-9-5-8-13(10-14)15(16)17-19/h2-10,19H,11H2,1H3,(H2,16,17). The lowest BCUT2D eigenvalue weighted by Gasteiger charge is -2.20. The number of rotatable bonds is 4. The van der Waals surface area contributed by atoms with Crippen LogP contribution in [-0.2, 0) is 6.54 Å². The Morgan fingerprint density at radius 2 is 1.89 bits per heavy atom. The van der Waals surface area contributed by atoms with Crippen LogP contribution in [0.2, 0.25) is 0 Å². The lowest BCUT2D eigenvalue weighted by Crippen LogP contribution is -2.18. The van der Waals surface area contributed by atoms with E-state index in [2.05, 4.69) is 22.2 Å². The van der Waals surface area contributed by atoms with Gasteiger partial charge in [0.2, 0.25) is 0 Å². The van der Waals surface area contributed by atoms with Crippen molar-refractivity contribution in [2.24, 2.45) is 10.9 Å². The topological polar surface area (TPSA) is 61.8 Å². The van der Waals surface area contributed by atoms with Crippen LogP contribution in [-0.4, -0.2) is 18.1 Å². The Kier molecular flexibility index (Phi) is 4.03. The zero-order chi connectivity index (χ0) is 13.7. The van der Waals surface area contributed by atoms with Crippen LogP contribution in [0.1, 0.15) is 11.1 Å². The summed E-state index contributed by atoms with van der Waals surface area (Å²) in [5, 5.41) is 11.7. The third kappa shape index (κ3) is 3.25. The molecule has 0 radical (unpaired) electrons. The molecule has 0 unspecified atom stereocenters. The van der Waals surface area contributed by atoms with Crippen molar-refractivity contribution < 1.29 is 5.21 Å². The fourth-order valence-electron chi connectivity index (χ4n) is 1.91. The highest BCUT2D eigenvalue weighted by molar-refractivity contribution is 5.97. The Hall–Kier alpha value is -2.49. The van der Waals surface area contributed by atoms with Crippen molar-refractivity contribution >= 4 is 11.5 Å². The van der Waals surface area contributed by atoms with E-state index in [-0.39, 0.29) is 5.84 Å². The molecule has 0 fully saturated rings. The van der Waals surface area contributed by atoms with Crippen LogP contribution in [0.25, 0.3) is 0 Å². The largest absolute Gasteiger partial charge is 0.409 e. The molecule has 2 aromatic rings. The SMILES string of the molecule is CN(Cc1ccccc1)c1cccc(C(N)=NO)c1. The molecule has 0 saturated heterocycles. The summed E-state index contributed by atoms with van der Waals surface area (Å²) in [6.45, 7) is 0.806. The van der Waals surface area contributed by atoms with E-state index in [0.29, 0.717) is 5.56 Å². The van der Waals surface area contributed by atoms with E-state index < -0.39 is 0 Å². The zero-order valence-electron chi connectivity index (χ0n) is 10.8. The Morgan fingerprint density at radius 1 is 1.16 bits per heavy atom. The molecule has 0 bridgehead atoms. The summed E-state index contributed by atoms with van der Waals surface area (Å²) in [7, 11) is 2.01. The van der Waals surface area contributed by atoms with Crippen LogP contribution < -0.4 is 10.6 Å². The minimum atomic E-state index is 0.120. The summed E-state index contributed by atoms with van der Waals surface area (Å²) in [4.78, 5) is 2.11. The Labute approximate surface area is 112 Å². The summed E-state index contributed by atoms with van der Waals surface area (Å²) >= 11 is 0. The van der Waals surface area contributed by atoms with E-state index in [1.54, 1.807) is 0 Å². The number of nitrogens with zero attached hydrogens (tertiary/aromatic N) is 2. The van der Waals surface area contributed by atoms with Crippen molar-refractivity contribution in [3.63, 3.8) is 0 Å². The maximum absolute atomic E-state index is 8.70. The van der Waals surface area contributed by atoms with E-state index in [9.17, 15) is 0 Å². The molecule has 0 aromatic heterocycles. The van der Waals surface area contributed by atoms with Gasteiger partial charge >= 0.3 is 0 Å². The maximum Gasteiger partial charge on any atom is 0.170 e. The van der Waals surface area contributed by atoms with Crippen LogP contribution in [0.15, 0.2) is 59.8 Å². The lowest BCUT2D eigenvalue weighted by molar-refractivity contribution is 0.318. The molecule has 98 valence electrons. The molecule has 4 heteroatoms. The first kappa shape index (κ1) is 13.0. The van der Waals surface area contributed by atoms with Gasteiger partial charge in [-0.1, -0.05) is 47.6 Å². The molecule has 0 saturated carbocycles. The van der Waals surface area contributed by atoms with E-state index in [4.69, 9.17) is 10.9 Å². The van der Waals surface area contributed by atoms with Gasteiger partial charge in [0, 0.05) is 24.8 Å². The predicted molar refractivity (Wildman–Crippen MR) is 77.5 cm³/mol. The van der Waals surface area contributed by atoms with Crippen molar-refractivity contribution in [2.75, 3.05) is 11.9 Å². The van der Waals surface area contributed by atoms with Crippen LogP contribution in [0.5, 0.6) is 0 Å². The van der Waals surface area contributed by atoms with Gasteiger partial charge in [0.05, 0.1) is 0 Å². The fraction of sp³-hybridized carbons (Fsp3) is 0.133. The minimum absolute atomic E-state index is 0.120. The summed E-state index contributed by atoms with van der Waals surface area (Å²) in [5.41, 5.74) is 8.56. The number of hydrogen-bond donors (Lipinski definition) is 2. The average molecular weight is 255 g/mol. The van der Waals surface area contributed by atoms with Crippen molar-refractivity contribution in [1.29, 1.82) is 0 Å². The quantitative estimate of drug-likeness (QED) is 0.382. The molecule has 2 aromatic carbocycles.